The zero-order valence-electron chi connectivity index (χ0n) is 18.0. The Balaban J connectivity index is 1.86. The van der Waals surface area contributed by atoms with Gasteiger partial charge in [0.05, 0.1) is 12.3 Å². The molecule has 158 valence electrons. The SMILES string of the molecule is CC(=NNc1nc2c(c(=O)n(C)c(=O)n2C)n1Cc1ccc(C)cc1)c1ccccc1. The van der Waals surface area contributed by atoms with E-state index < -0.39 is 11.2 Å². The van der Waals surface area contributed by atoms with Crippen LogP contribution in [0.4, 0.5) is 5.95 Å². The van der Waals surface area contributed by atoms with Crippen LogP contribution in [0.2, 0.25) is 0 Å². The summed E-state index contributed by atoms with van der Waals surface area (Å²) in [7, 11) is 3.08. The van der Waals surface area contributed by atoms with E-state index in [9.17, 15) is 9.59 Å². The molecule has 0 amide bonds. The smallest absolute Gasteiger partial charge is 0.298 e. The molecule has 0 aliphatic heterocycles. The Morgan fingerprint density at radius 2 is 1.68 bits per heavy atom. The first-order valence-electron chi connectivity index (χ1n) is 9.94. The molecule has 0 saturated heterocycles. The van der Waals surface area contributed by atoms with Crippen molar-refractivity contribution in [1.82, 2.24) is 18.7 Å². The first-order valence-corrected chi connectivity index (χ1v) is 9.94. The van der Waals surface area contributed by atoms with Crippen molar-refractivity contribution in [3.05, 3.63) is 92.1 Å². The van der Waals surface area contributed by atoms with Crippen molar-refractivity contribution in [1.29, 1.82) is 0 Å². The average molecular weight is 416 g/mol. The van der Waals surface area contributed by atoms with Crippen molar-refractivity contribution >= 4 is 22.8 Å². The predicted molar refractivity (Wildman–Crippen MR) is 123 cm³/mol. The molecule has 1 N–H and O–H groups in total. The van der Waals surface area contributed by atoms with Crippen molar-refractivity contribution < 1.29 is 0 Å². The average Bonchev–Trinajstić information content (AvgIpc) is 3.15. The predicted octanol–water partition coefficient (Wildman–Crippen LogP) is 2.63. The number of aromatic nitrogens is 4. The summed E-state index contributed by atoms with van der Waals surface area (Å²) in [5.74, 6) is 0.393. The quantitative estimate of drug-likeness (QED) is 0.400. The zero-order chi connectivity index (χ0) is 22.1. The van der Waals surface area contributed by atoms with Crippen LogP contribution in [0.15, 0.2) is 69.3 Å². The van der Waals surface area contributed by atoms with Gasteiger partial charge in [-0.2, -0.15) is 10.1 Å². The molecule has 0 spiro atoms. The minimum Gasteiger partial charge on any atom is -0.298 e. The molecule has 0 radical (unpaired) electrons. The van der Waals surface area contributed by atoms with Crippen LogP contribution in [0.1, 0.15) is 23.6 Å². The third kappa shape index (κ3) is 3.79. The lowest BCUT2D eigenvalue weighted by Crippen LogP contribution is -2.37. The second-order valence-corrected chi connectivity index (χ2v) is 7.56. The number of anilines is 1. The summed E-state index contributed by atoms with van der Waals surface area (Å²) in [6.45, 7) is 4.33. The lowest BCUT2D eigenvalue weighted by molar-refractivity contribution is 0.702. The van der Waals surface area contributed by atoms with Crippen LogP contribution in [0.3, 0.4) is 0 Å². The molecule has 2 aromatic carbocycles. The fourth-order valence-corrected chi connectivity index (χ4v) is 3.44. The van der Waals surface area contributed by atoms with Gasteiger partial charge >= 0.3 is 5.69 Å². The number of fused-ring (bicyclic) bond motifs is 1. The third-order valence-electron chi connectivity index (χ3n) is 5.32. The van der Waals surface area contributed by atoms with Crippen LogP contribution < -0.4 is 16.7 Å². The van der Waals surface area contributed by atoms with E-state index in [1.807, 2.05) is 68.4 Å². The molecule has 2 heterocycles. The van der Waals surface area contributed by atoms with Gasteiger partial charge in [0.2, 0.25) is 5.95 Å². The Bertz CT molecular complexity index is 1390. The first kappa shape index (κ1) is 20.3. The van der Waals surface area contributed by atoms with Crippen molar-refractivity contribution in [2.75, 3.05) is 5.43 Å². The Morgan fingerprint density at radius 1 is 1.00 bits per heavy atom. The Kier molecular flexibility index (Phi) is 5.29. The van der Waals surface area contributed by atoms with Gasteiger partial charge in [-0.15, -0.1) is 0 Å². The molecular weight excluding hydrogens is 392 g/mol. The largest absolute Gasteiger partial charge is 0.332 e. The number of hydrogen-bond acceptors (Lipinski definition) is 5. The minimum absolute atomic E-state index is 0.315. The fraction of sp³-hybridized carbons (Fsp3) is 0.217. The molecular formula is C23H24N6O2. The van der Waals surface area contributed by atoms with E-state index in [0.29, 0.717) is 23.7 Å². The summed E-state index contributed by atoms with van der Waals surface area (Å²) in [5.41, 5.74) is 6.75. The van der Waals surface area contributed by atoms with E-state index in [0.717, 1.165) is 27.0 Å². The molecule has 0 unspecified atom stereocenters. The Labute approximate surface area is 179 Å². The molecule has 0 aliphatic rings. The molecule has 0 fully saturated rings. The molecule has 2 aromatic heterocycles. The minimum atomic E-state index is -0.423. The van der Waals surface area contributed by atoms with E-state index in [1.54, 1.807) is 11.6 Å². The number of rotatable bonds is 5. The van der Waals surface area contributed by atoms with Crippen LogP contribution in [0, 0.1) is 6.92 Å². The molecule has 0 aliphatic carbocycles. The number of hydrazone groups is 1. The third-order valence-corrected chi connectivity index (χ3v) is 5.32. The van der Waals surface area contributed by atoms with Crippen molar-refractivity contribution in [3.63, 3.8) is 0 Å². The van der Waals surface area contributed by atoms with E-state index >= 15 is 0 Å². The standard InChI is InChI=1S/C23H24N6O2/c1-15-10-12-17(13-11-15)14-29-19-20(27(3)23(31)28(4)21(19)30)24-22(29)26-25-16(2)18-8-6-5-7-9-18/h5-13H,14H2,1-4H3,(H,24,26). The lowest BCUT2D eigenvalue weighted by atomic mass is 10.1. The topological polar surface area (TPSA) is 86.2 Å². The van der Waals surface area contributed by atoms with Crippen LogP contribution >= 0.6 is 0 Å². The highest BCUT2D eigenvalue weighted by molar-refractivity contribution is 5.99. The number of benzene rings is 2. The van der Waals surface area contributed by atoms with Crippen LogP contribution in [-0.4, -0.2) is 24.4 Å². The van der Waals surface area contributed by atoms with Crippen LogP contribution in [-0.2, 0) is 20.6 Å². The monoisotopic (exact) mass is 416 g/mol. The summed E-state index contributed by atoms with van der Waals surface area (Å²) in [5, 5.41) is 4.47. The molecule has 31 heavy (non-hydrogen) atoms. The van der Waals surface area contributed by atoms with Gasteiger partial charge in [0.15, 0.2) is 11.2 Å². The van der Waals surface area contributed by atoms with Gasteiger partial charge in [-0.25, -0.2) is 10.2 Å². The normalized spacial score (nSPS) is 11.8. The molecule has 0 saturated carbocycles. The summed E-state index contributed by atoms with van der Waals surface area (Å²) in [4.78, 5) is 29.9. The van der Waals surface area contributed by atoms with Gasteiger partial charge in [0.25, 0.3) is 5.56 Å². The Morgan fingerprint density at radius 3 is 2.35 bits per heavy atom. The number of nitrogens with zero attached hydrogens (tertiary/aromatic N) is 5. The summed E-state index contributed by atoms with van der Waals surface area (Å²) >= 11 is 0. The first-order chi connectivity index (χ1) is 14.9. The number of imidazole rings is 1. The van der Waals surface area contributed by atoms with E-state index in [-0.39, 0.29) is 0 Å². The number of hydrogen-bond donors (Lipinski definition) is 1. The second kappa shape index (κ2) is 8.06. The maximum atomic E-state index is 13.0. The Hall–Kier alpha value is -3.94. The van der Waals surface area contributed by atoms with Gasteiger partial charge in [0.1, 0.15) is 0 Å². The molecule has 0 atom stereocenters. The number of nitrogens with one attached hydrogen (secondary N) is 1. The fourth-order valence-electron chi connectivity index (χ4n) is 3.44. The van der Waals surface area contributed by atoms with Gasteiger partial charge in [-0.05, 0) is 25.0 Å². The van der Waals surface area contributed by atoms with E-state index in [2.05, 4.69) is 15.5 Å². The van der Waals surface area contributed by atoms with E-state index in [4.69, 9.17) is 0 Å². The highest BCUT2D eigenvalue weighted by Gasteiger charge is 2.19. The highest BCUT2D eigenvalue weighted by Crippen LogP contribution is 2.18. The highest BCUT2D eigenvalue weighted by atomic mass is 16.2. The van der Waals surface area contributed by atoms with Crippen molar-refractivity contribution in [2.24, 2.45) is 19.2 Å². The molecule has 8 heteroatoms. The maximum Gasteiger partial charge on any atom is 0.332 e. The molecule has 0 bridgehead atoms. The van der Waals surface area contributed by atoms with Crippen LogP contribution in [0.5, 0.6) is 0 Å². The van der Waals surface area contributed by atoms with Crippen molar-refractivity contribution in [2.45, 2.75) is 20.4 Å². The van der Waals surface area contributed by atoms with Crippen LogP contribution in [0.25, 0.3) is 11.2 Å². The lowest BCUT2D eigenvalue weighted by Gasteiger charge is -2.10. The van der Waals surface area contributed by atoms with E-state index in [1.165, 1.54) is 11.6 Å². The summed E-state index contributed by atoms with van der Waals surface area (Å²) in [6.07, 6.45) is 0. The zero-order valence-corrected chi connectivity index (χ0v) is 18.0. The summed E-state index contributed by atoms with van der Waals surface area (Å²) in [6, 6.07) is 17.8. The van der Waals surface area contributed by atoms with Gasteiger partial charge in [-0.1, -0.05) is 60.2 Å². The van der Waals surface area contributed by atoms with Gasteiger partial charge in [0, 0.05) is 14.1 Å². The van der Waals surface area contributed by atoms with Gasteiger partial charge in [-0.3, -0.25) is 18.5 Å². The molecule has 4 rings (SSSR count). The number of aryl methyl sites for hydroxylation is 2. The maximum absolute atomic E-state index is 13.0. The summed E-state index contributed by atoms with van der Waals surface area (Å²) < 4.78 is 4.24. The van der Waals surface area contributed by atoms with Crippen molar-refractivity contribution in [3.8, 4) is 0 Å². The molecule has 4 aromatic rings. The molecule has 8 nitrogen and oxygen atoms in total. The second-order valence-electron chi connectivity index (χ2n) is 7.56. The van der Waals surface area contributed by atoms with Gasteiger partial charge < -0.3 is 0 Å².